The van der Waals surface area contributed by atoms with Gasteiger partial charge < -0.3 is 24.8 Å². The molecular weight excluding hydrogens is 476 g/mol. The van der Waals surface area contributed by atoms with Gasteiger partial charge in [-0.25, -0.2) is 4.79 Å². The quantitative estimate of drug-likeness (QED) is 0.358. The van der Waals surface area contributed by atoms with Crippen LogP contribution in [0.5, 0.6) is 11.5 Å². The zero-order chi connectivity index (χ0) is 26.6. The molecule has 0 aliphatic carbocycles. The van der Waals surface area contributed by atoms with Crippen LogP contribution in [-0.2, 0) is 23.9 Å². The van der Waals surface area contributed by atoms with Crippen molar-refractivity contribution < 1.29 is 33.4 Å². The second-order valence-corrected chi connectivity index (χ2v) is 8.12. The van der Waals surface area contributed by atoms with Crippen molar-refractivity contribution in [1.29, 1.82) is 0 Å². The third-order valence-electron chi connectivity index (χ3n) is 5.13. The first kappa shape index (κ1) is 26.9. The minimum absolute atomic E-state index is 0.00213. The van der Waals surface area contributed by atoms with Gasteiger partial charge in [0.2, 0.25) is 5.91 Å². The second-order valence-electron chi connectivity index (χ2n) is 8.12. The monoisotopic (exact) mass is 504 g/mol. The number of hydrogen-bond donors (Lipinski definition) is 2. The molecule has 37 heavy (non-hydrogen) atoms. The van der Waals surface area contributed by atoms with Gasteiger partial charge in [-0.1, -0.05) is 17.7 Å². The molecule has 9 nitrogen and oxygen atoms in total. The van der Waals surface area contributed by atoms with Crippen LogP contribution in [0.2, 0.25) is 0 Å². The number of carbonyl (C=O) groups excluding carboxylic acids is 4. The first-order chi connectivity index (χ1) is 17.8. The standard InChI is InChI=1S/C28H28N2O7/c1-19-6-14-23(15-7-19)37-24-16-12-22(13-17-24)29-25(31)4-3-5-27(33)36-18-26(32)30-21-10-8-20(9-11-21)28(34)35-2/h6-17H,3-5,18H2,1-2H3,(H,29,31)(H,30,32). The van der Waals surface area contributed by atoms with Crippen LogP contribution in [0.25, 0.3) is 0 Å². The molecule has 0 atom stereocenters. The Balaban J connectivity index is 1.31. The molecule has 0 spiro atoms. The van der Waals surface area contributed by atoms with E-state index in [4.69, 9.17) is 9.47 Å². The molecule has 0 unspecified atom stereocenters. The Labute approximate surface area is 214 Å². The van der Waals surface area contributed by atoms with Gasteiger partial charge in [0.05, 0.1) is 12.7 Å². The van der Waals surface area contributed by atoms with E-state index in [0.717, 1.165) is 11.3 Å². The highest BCUT2D eigenvalue weighted by Crippen LogP contribution is 2.23. The van der Waals surface area contributed by atoms with Gasteiger partial charge in [0.15, 0.2) is 6.61 Å². The molecule has 0 saturated heterocycles. The van der Waals surface area contributed by atoms with Crippen molar-refractivity contribution in [3.63, 3.8) is 0 Å². The summed E-state index contributed by atoms with van der Waals surface area (Å²) in [5.74, 6) is -0.462. The van der Waals surface area contributed by atoms with Crippen LogP contribution in [0, 0.1) is 6.92 Å². The summed E-state index contributed by atoms with van der Waals surface area (Å²) in [4.78, 5) is 47.5. The van der Waals surface area contributed by atoms with E-state index in [1.54, 1.807) is 24.3 Å². The second kappa shape index (κ2) is 13.4. The smallest absolute Gasteiger partial charge is 0.337 e. The molecule has 0 fully saturated rings. The third-order valence-corrected chi connectivity index (χ3v) is 5.13. The SMILES string of the molecule is COC(=O)c1ccc(NC(=O)COC(=O)CCCC(=O)Nc2ccc(Oc3ccc(C)cc3)cc2)cc1. The molecule has 2 N–H and O–H groups in total. The lowest BCUT2D eigenvalue weighted by Crippen LogP contribution is -2.21. The highest BCUT2D eigenvalue weighted by molar-refractivity contribution is 5.94. The molecule has 0 aliphatic heterocycles. The summed E-state index contributed by atoms with van der Waals surface area (Å²) < 4.78 is 15.3. The summed E-state index contributed by atoms with van der Waals surface area (Å²) >= 11 is 0. The van der Waals surface area contributed by atoms with E-state index in [0.29, 0.717) is 22.7 Å². The van der Waals surface area contributed by atoms with Crippen LogP contribution in [0.3, 0.4) is 0 Å². The van der Waals surface area contributed by atoms with Crippen molar-refractivity contribution in [2.45, 2.75) is 26.2 Å². The Bertz CT molecular complexity index is 1220. The molecule has 3 aromatic rings. The molecular formula is C28H28N2O7. The van der Waals surface area contributed by atoms with Gasteiger partial charge in [-0.15, -0.1) is 0 Å². The minimum Gasteiger partial charge on any atom is -0.465 e. The number of anilines is 2. The van der Waals surface area contributed by atoms with Gasteiger partial charge >= 0.3 is 11.9 Å². The topological polar surface area (TPSA) is 120 Å². The van der Waals surface area contributed by atoms with Crippen LogP contribution in [-0.4, -0.2) is 37.5 Å². The fourth-order valence-electron chi connectivity index (χ4n) is 3.19. The van der Waals surface area contributed by atoms with Crippen LogP contribution in [0.4, 0.5) is 11.4 Å². The maximum absolute atomic E-state index is 12.2. The van der Waals surface area contributed by atoms with E-state index in [1.807, 2.05) is 31.2 Å². The van der Waals surface area contributed by atoms with Crippen molar-refractivity contribution in [2.24, 2.45) is 0 Å². The Morgan fingerprint density at radius 3 is 1.84 bits per heavy atom. The fraction of sp³-hybridized carbons (Fsp3) is 0.214. The summed E-state index contributed by atoms with van der Waals surface area (Å²) in [6.07, 6.45) is 0.392. The van der Waals surface area contributed by atoms with E-state index in [1.165, 1.54) is 31.4 Å². The van der Waals surface area contributed by atoms with Crippen molar-refractivity contribution in [2.75, 3.05) is 24.4 Å². The molecule has 3 rings (SSSR count). The molecule has 0 radical (unpaired) electrons. The molecule has 0 heterocycles. The fourth-order valence-corrected chi connectivity index (χ4v) is 3.19. The number of amides is 2. The lowest BCUT2D eigenvalue weighted by molar-refractivity contribution is -0.147. The molecule has 3 aromatic carbocycles. The predicted molar refractivity (Wildman–Crippen MR) is 138 cm³/mol. The van der Waals surface area contributed by atoms with Crippen LogP contribution < -0.4 is 15.4 Å². The average molecular weight is 505 g/mol. The van der Waals surface area contributed by atoms with E-state index < -0.39 is 24.5 Å². The highest BCUT2D eigenvalue weighted by Gasteiger charge is 2.11. The number of ether oxygens (including phenoxy) is 3. The number of methoxy groups -OCH3 is 1. The Morgan fingerprint density at radius 1 is 0.703 bits per heavy atom. The molecule has 192 valence electrons. The van der Waals surface area contributed by atoms with Crippen LogP contribution >= 0.6 is 0 Å². The normalized spacial score (nSPS) is 10.2. The Morgan fingerprint density at radius 2 is 1.24 bits per heavy atom. The number of carbonyl (C=O) groups is 4. The highest BCUT2D eigenvalue weighted by atomic mass is 16.5. The zero-order valence-electron chi connectivity index (χ0n) is 20.6. The zero-order valence-corrected chi connectivity index (χ0v) is 20.6. The first-order valence-corrected chi connectivity index (χ1v) is 11.6. The summed E-state index contributed by atoms with van der Waals surface area (Å²) in [5, 5.41) is 5.33. The number of benzene rings is 3. The Hall–Kier alpha value is -4.66. The lowest BCUT2D eigenvalue weighted by atomic mass is 10.2. The Kier molecular flexibility index (Phi) is 9.78. The molecule has 2 amide bonds. The summed E-state index contributed by atoms with van der Waals surface area (Å²) in [6, 6.07) is 20.8. The summed E-state index contributed by atoms with van der Waals surface area (Å²) in [7, 11) is 1.28. The van der Waals surface area contributed by atoms with Gasteiger partial charge in [-0.3, -0.25) is 14.4 Å². The summed E-state index contributed by atoms with van der Waals surface area (Å²) in [5.41, 5.74) is 2.55. The van der Waals surface area contributed by atoms with Gasteiger partial charge in [0, 0.05) is 24.2 Å². The predicted octanol–water partition coefficient (Wildman–Crippen LogP) is 4.86. The molecule has 0 saturated carbocycles. The van der Waals surface area contributed by atoms with Crippen molar-refractivity contribution in [3.8, 4) is 11.5 Å². The maximum Gasteiger partial charge on any atom is 0.337 e. The number of nitrogens with one attached hydrogen (secondary N) is 2. The maximum atomic E-state index is 12.2. The lowest BCUT2D eigenvalue weighted by Gasteiger charge is -2.09. The van der Waals surface area contributed by atoms with Gasteiger partial charge in [-0.05, 0) is 74.0 Å². The largest absolute Gasteiger partial charge is 0.465 e. The molecule has 0 bridgehead atoms. The number of aryl methyl sites for hydroxylation is 1. The molecule has 0 aromatic heterocycles. The van der Waals surface area contributed by atoms with Crippen molar-refractivity contribution >= 4 is 35.1 Å². The van der Waals surface area contributed by atoms with Crippen molar-refractivity contribution in [3.05, 3.63) is 83.9 Å². The van der Waals surface area contributed by atoms with E-state index in [2.05, 4.69) is 15.4 Å². The van der Waals surface area contributed by atoms with Gasteiger partial charge in [-0.2, -0.15) is 0 Å². The average Bonchev–Trinajstić information content (AvgIpc) is 2.90. The molecule has 0 aliphatic rings. The van der Waals surface area contributed by atoms with Crippen molar-refractivity contribution in [1.82, 2.24) is 0 Å². The number of esters is 2. The third kappa shape index (κ3) is 9.14. The van der Waals surface area contributed by atoms with Crippen LogP contribution in [0.1, 0.15) is 35.2 Å². The van der Waals surface area contributed by atoms with E-state index in [9.17, 15) is 19.2 Å². The number of rotatable bonds is 11. The summed E-state index contributed by atoms with van der Waals surface area (Å²) in [6.45, 7) is 1.54. The van der Waals surface area contributed by atoms with E-state index >= 15 is 0 Å². The number of hydrogen-bond acceptors (Lipinski definition) is 7. The van der Waals surface area contributed by atoms with Gasteiger partial charge in [0.25, 0.3) is 5.91 Å². The first-order valence-electron chi connectivity index (χ1n) is 11.6. The minimum atomic E-state index is -0.582. The van der Waals surface area contributed by atoms with Gasteiger partial charge in [0.1, 0.15) is 11.5 Å². The van der Waals surface area contributed by atoms with E-state index in [-0.39, 0.29) is 25.2 Å². The molecule has 9 heteroatoms. The van der Waals surface area contributed by atoms with Crippen LogP contribution in [0.15, 0.2) is 72.8 Å².